The Morgan fingerprint density at radius 1 is 1.50 bits per heavy atom. The van der Waals surface area contributed by atoms with Crippen molar-refractivity contribution >= 4 is 11.9 Å². The predicted molar refractivity (Wildman–Crippen MR) is 56.0 cm³/mol. The topological polar surface area (TPSA) is 48.1 Å². The highest BCUT2D eigenvalue weighted by atomic mass is 32.2. The van der Waals surface area contributed by atoms with Crippen LogP contribution in [-0.2, 0) is 5.75 Å². The average Bonchev–Trinajstić information content (AvgIpc) is 2.18. The average molecular weight is 252 g/mol. The molecule has 0 amide bonds. The van der Waals surface area contributed by atoms with E-state index in [1.165, 1.54) is 12.3 Å². The number of hydrogen-bond acceptors (Lipinski definition) is 4. The van der Waals surface area contributed by atoms with Crippen molar-refractivity contribution in [3.63, 3.8) is 0 Å². The number of aromatic nitrogens is 1. The van der Waals surface area contributed by atoms with Crippen molar-refractivity contribution in [3.8, 4) is 5.75 Å². The summed E-state index contributed by atoms with van der Waals surface area (Å²) in [7, 11) is 0. The molecule has 7 heteroatoms. The fourth-order valence-corrected chi connectivity index (χ4v) is 1.55. The highest BCUT2D eigenvalue weighted by Crippen LogP contribution is 2.24. The van der Waals surface area contributed by atoms with Crippen LogP contribution in [-0.4, -0.2) is 17.8 Å². The van der Waals surface area contributed by atoms with Crippen LogP contribution in [0.2, 0.25) is 0 Å². The van der Waals surface area contributed by atoms with Gasteiger partial charge in [-0.3, -0.25) is 10.1 Å². The van der Waals surface area contributed by atoms with Gasteiger partial charge >= 0.3 is 6.18 Å². The summed E-state index contributed by atoms with van der Waals surface area (Å²) in [6.07, 6.45) is -2.93. The van der Waals surface area contributed by atoms with Crippen LogP contribution in [0, 0.1) is 6.92 Å². The number of halogens is 3. The predicted octanol–water partition coefficient (Wildman–Crippen LogP) is 2.44. The SMILES string of the molecule is Cc1c(OCC(F)(F)F)ccnc1CSN. The third kappa shape index (κ3) is 3.90. The number of ether oxygens (including phenoxy) is 1. The summed E-state index contributed by atoms with van der Waals surface area (Å²) < 4.78 is 40.5. The normalized spacial score (nSPS) is 11.6. The molecule has 0 atom stereocenters. The molecule has 1 aromatic rings. The van der Waals surface area contributed by atoms with Gasteiger partial charge in [0, 0.05) is 11.8 Å². The van der Waals surface area contributed by atoms with Gasteiger partial charge in [0.05, 0.1) is 11.4 Å². The molecule has 0 bridgehead atoms. The lowest BCUT2D eigenvalue weighted by Gasteiger charge is -2.12. The maximum Gasteiger partial charge on any atom is 0.422 e. The second-order valence-corrected chi connectivity index (χ2v) is 3.72. The van der Waals surface area contributed by atoms with Gasteiger partial charge in [0.15, 0.2) is 6.61 Å². The number of hydrogen-bond donors (Lipinski definition) is 1. The molecule has 0 aliphatic carbocycles. The molecule has 1 rings (SSSR count). The number of nitrogens with zero attached hydrogens (tertiary/aromatic N) is 1. The Bertz CT molecular complexity index is 357. The van der Waals surface area contributed by atoms with Gasteiger partial charge in [-0.05, 0) is 13.0 Å². The van der Waals surface area contributed by atoms with Crippen molar-refractivity contribution < 1.29 is 17.9 Å². The zero-order valence-electron chi connectivity index (χ0n) is 8.54. The van der Waals surface area contributed by atoms with Crippen molar-refractivity contribution in [3.05, 3.63) is 23.5 Å². The molecular weight excluding hydrogens is 241 g/mol. The van der Waals surface area contributed by atoms with Crippen LogP contribution in [0.3, 0.4) is 0 Å². The van der Waals surface area contributed by atoms with Crippen molar-refractivity contribution in [1.29, 1.82) is 0 Å². The summed E-state index contributed by atoms with van der Waals surface area (Å²) >= 11 is 1.06. The lowest BCUT2D eigenvalue weighted by molar-refractivity contribution is -0.153. The first kappa shape index (κ1) is 13.1. The highest BCUT2D eigenvalue weighted by molar-refractivity contribution is 7.96. The molecule has 2 N–H and O–H groups in total. The Labute approximate surface area is 95.3 Å². The Morgan fingerprint density at radius 2 is 2.19 bits per heavy atom. The first-order valence-corrected chi connectivity index (χ1v) is 5.44. The van der Waals surface area contributed by atoms with Crippen molar-refractivity contribution in [1.82, 2.24) is 4.98 Å². The van der Waals surface area contributed by atoms with Gasteiger partial charge in [0.1, 0.15) is 5.75 Å². The maximum absolute atomic E-state index is 12.0. The number of rotatable bonds is 4. The fraction of sp³-hybridized carbons (Fsp3) is 0.444. The van der Waals surface area contributed by atoms with E-state index in [2.05, 4.69) is 9.72 Å². The van der Waals surface area contributed by atoms with Gasteiger partial charge in [0.25, 0.3) is 0 Å². The van der Waals surface area contributed by atoms with Gasteiger partial charge in [-0.25, -0.2) is 0 Å². The van der Waals surface area contributed by atoms with E-state index in [1.807, 2.05) is 0 Å². The van der Waals surface area contributed by atoms with E-state index < -0.39 is 12.8 Å². The standard InChI is InChI=1S/C9H11F3N2OS/c1-6-7(4-16-13)14-3-2-8(6)15-5-9(10,11)12/h2-3H,4-5,13H2,1H3. The molecule has 3 nitrogen and oxygen atoms in total. The lowest BCUT2D eigenvalue weighted by atomic mass is 10.2. The quantitative estimate of drug-likeness (QED) is 0.836. The van der Waals surface area contributed by atoms with Crippen molar-refractivity contribution in [2.45, 2.75) is 18.9 Å². The molecule has 0 saturated heterocycles. The van der Waals surface area contributed by atoms with Crippen LogP contribution >= 0.6 is 11.9 Å². The summed E-state index contributed by atoms with van der Waals surface area (Å²) in [4.78, 5) is 4.01. The van der Waals surface area contributed by atoms with E-state index in [1.54, 1.807) is 6.92 Å². The number of alkyl halides is 3. The minimum Gasteiger partial charge on any atom is -0.484 e. The van der Waals surface area contributed by atoms with Gasteiger partial charge in [-0.1, -0.05) is 11.9 Å². The second-order valence-electron chi connectivity index (χ2n) is 3.10. The Morgan fingerprint density at radius 3 is 2.75 bits per heavy atom. The van der Waals surface area contributed by atoms with Crippen LogP contribution in [0.5, 0.6) is 5.75 Å². The largest absolute Gasteiger partial charge is 0.484 e. The molecule has 1 aromatic heterocycles. The van der Waals surface area contributed by atoms with Crippen LogP contribution in [0.1, 0.15) is 11.3 Å². The molecular formula is C9H11F3N2OS. The number of nitrogens with two attached hydrogens (primary N) is 1. The highest BCUT2D eigenvalue weighted by Gasteiger charge is 2.28. The molecule has 0 aliphatic heterocycles. The summed E-state index contributed by atoms with van der Waals surface area (Å²) in [5.74, 6) is 0.631. The molecule has 0 radical (unpaired) electrons. The fourth-order valence-electron chi connectivity index (χ4n) is 1.10. The molecule has 0 fully saturated rings. The Hall–Kier alpha value is -0.950. The zero-order valence-corrected chi connectivity index (χ0v) is 9.36. The molecule has 90 valence electrons. The second kappa shape index (κ2) is 5.40. The maximum atomic E-state index is 12.0. The molecule has 0 unspecified atom stereocenters. The van der Waals surface area contributed by atoms with Gasteiger partial charge in [-0.2, -0.15) is 13.2 Å². The van der Waals surface area contributed by atoms with Crippen molar-refractivity contribution in [2.75, 3.05) is 6.61 Å². The molecule has 0 spiro atoms. The smallest absolute Gasteiger partial charge is 0.422 e. The van der Waals surface area contributed by atoms with Gasteiger partial charge in [-0.15, -0.1) is 0 Å². The minimum atomic E-state index is -4.33. The molecule has 0 saturated carbocycles. The molecule has 0 aromatic carbocycles. The van der Waals surface area contributed by atoms with E-state index in [-0.39, 0.29) is 5.75 Å². The van der Waals surface area contributed by atoms with E-state index in [0.29, 0.717) is 17.0 Å². The van der Waals surface area contributed by atoms with E-state index >= 15 is 0 Å². The summed E-state index contributed by atoms with van der Waals surface area (Å²) in [6.45, 7) is 0.358. The molecule has 1 heterocycles. The minimum absolute atomic E-state index is 0.191. The summed E-state index contributed by atoms with van der Waals surface area (Å²) in [5.41, 5.74) is 1.22. The third-order valence-electron chi connectivity index (χ3n) is 1.87. The summed E-state index contributed by atoms with van der Waals surface area (Å²) in [5, 5.41) is 5.28. The van der Waals surface area contributed by atoms with Gasteiger partial charge in [0.2, 0.25) is 0 Å². The lowest BCUT2D eigenvalue weighted by Crippen LogP contribution is -2.19. The van der Waals surface area contributed by atoms with Crippen LogP contribution < -0.4 is 9.88 Å². The van der Waals surface area contributed by atoms with E-state index in [4.69, 9.17) is 5.14 Å². The van der Waals surface area contributed by atoms with Crippen molar-refractivity contribution in [2.24, 2.45) is 5.14 Å². The van der Waals surface area contributed by atoms with E-state index in [0.717, 1.165) is 11.9 Å². The first-order valence-electron chi connectivity index (χ1n) is 4.40. The van der Waals surface area contributed by atoms with Gasteiger partial charge < -0.3 is 4.74 Å². The Kier molecular flexibility index (Phi) is 4.43. The van der Waals surface area contributed by atoms with Crippen LogP contribution in [0.25, 0.3) is 0 Å². The first-order chi connectivity index (χ1) is 7.44. The molecule has 16 heavy (non-hydrogen) atoms. The van der Waals surface area contributed by atoms with E-state index in [9.17, 15) is 13.2 Å². The van der Waals surface area contributed by atoms with Crippen LogP contribution in [0.15, 0.2) is 12.3 Å². The Balaban J connectivity index is 2.77. The third-order valence-corrected chi connectivity index (χ3v) is 2.31. The number of pyridine rings is 1. The summed E-state index contributed by atoms with van der Waals surface area (Å²) in [6, 6.07) is 1.41. The van der Waals surface area contributed by atoms with Crippen LogP contribution in [0.4, 0.5) is 13.2 Å². The zero-order chi connectivity index (χ0) is 12.2. The molecule has 0 aliphatic rings. The monoisotopic (exact) mass is 252 g/mol.